The number of aromatic nitrogens is 2. The second-order valence-corrected chi connectivity index (χ2v) is 9.54. The molecule has 0 fully saturated rings. The van der Waals surface area contributed by atoms with Crippen LogP contribution in [0.4, 0.5) is 23.2 Å². The number of benzene rings is 3. The number of ketones is 1. The lowest BCUT2D eigenvalue weighted by Gasteiger charge is -2.17. The van der Waals surface area contributed by atoms with E-state index in [1.54, 1.807) is 44.2 Å². The Morgan fingerprint density at radius 2 is 1.56 bits per heavy atom. The highest BCUT2D eigenvalue weighted by Crippen LogP contribution is 2.34. The molecule has 0 aliphatic heterocycles. The zero-order valence-corrected chi connectivity index (χ0v) is 25.6. The number of nitrogens with zero attached hydrogens (tertiary/aromatic N) is 3. The number of halogens is 4. The van der Waals surface area contributed by atoms with Gasteiger partial charge in [0.1, 0.15) is 17.4 Å². The normalized spacial score (nSPS) is 11.3. The van der Waals surface area contributed by atoms with Gasteiger partial charge in [-0.15, -0.1) is 13.2 Å². The first-order valence-electron chi connectivity index (χ1n) is 14.1. The Kier molecular flexibility index (Phi) is 12.8. The van der Waals surface area contributed by atoms with E-state index in [1.165, 1.54) is 42.8 Å². The topological polar surface area (TPSA) is 56.5 Å². The van der Waals surface area contributed by atoms with Crippen LogP contribution in [0.1, 0.15) is 67.3 Å². The van der Waals surface area contributed by atoms with Crippen LogP contribution in [0.5, 0.6) is 5.75 Å². The first-order valence-corrected chi connectivity index (χ1v) is 14.1. The smallest absolute Gasteiger partial charge is 0.342 e. The molecule has 1 heterocycles. The molecule has 0 saturated carbocycles. The van der Waals surface area contributed by atoms with Gasteiger partial charge in [-0.2, -0.15) is 8.78 Å². The van der Waals surface area contributed by atoms with Gasteiger partial charge in [-0.05, 0) is 99.3 Å². The number of carbonyl (C=O) groups excluding carboxylic acids is 1. The van der Waals surface area contributed by atoms with Crippen LogP contribution in [-0.4, -0.2) is 27.7 Å². The number of unbranched alkanes of at least 4 members (excludes halogenated alkanes) is 1. The summed E-state index contributed by atoms with van der Waals surface area (Å²) in [6, 6.07) is 12.9. The molecule has 0 spiro atoms. The van der Waals surface area contributed by atoms with Gasteiger partial charge in [0.25, 0.3) is 0 Å². The van der Waals surface area contributed by atoms with Crippen LogP contribution in [0.25, 0.3) is 11.0 Å². The van der Waals surface area contributed by atoms with E-state index in [4.69, 9.17) is 4.74 Å². The Hall–Kier alpha value is -4.27. The van der Waals surface area contributed by atoms with E-state index < -0.39 is 23.3 Å². The van der Waals surface area contributed by atoms with Gasteiger partial charge in [-0.3, -0.25) is 9.79 Å². The monoisotopic (exact) mass is 597 g/mol. The maximum absolute atomic E-state index is 15.5. The lowest BCUT2D eigenvalue weighted by atomic mass is 10.0. The summed E-state index contributed by atoms with van der Waals surface area (Å²) in [4.78, 5) is 21.1. The van der Waals surface area contributed by atoms with Crippen molar-refractivity contribution in [2.24, 2.45) is 12.0 Å². The van der Waals surface area contributed by atoms with Gasteiger partial charge >= 0.3 is 5.92 Å². The highest BCUT2D eigenvalue weighted by Gasteiger charge is 2.40. The molecule has 4 rings (SSSR count). The molecule has 0 N–H and O–H groups in total. The van der Waals surface area contributed by atoms with Crippen molar-refractivity contribution in [1.82, 2.24) is 9.55 Å². The number of alkyl halides is 2. The number of carbonyl (C=O) groups is 1. The van der Waals surface area contributed by atoms with E-state index in [9.17, 15) is 13.6 Å². The van der Waals surface area contributed by atoms with E-state index in [0.717, 1.165) is 0 Å². The standard InChI is InChI=1S/C30H29F4N3O2.C2H6.C2H4/c1-18-15-23(32)16-19(2)28(18)35-20(3)30(33,34)29-36-25-13-8-21(17-26(25)37(29)4)27(38)7-5-6-14-39-24-11-9-22(31)10-12-24;2*1-2/h8-13,15-17H,5-7,14H2,1-4H3;1-2H3;1-2H2. The largest absolute Gasteiger partial charge is 0.494 e. The van der Waals surface area contributed by atoms with Gasteiger partial charge in [0.15, 0.2) is 11.6 Å². The molecule has 0 atom stereocenters. The molecule has 0 amide bonds. The fourth-order valence-electron chi connectivity index (χ4n) is 4.38. The SMILES string of the molecule is C=C.CC.CC(=Nc1c(C)cc(F)cc1C)C(F)(F)c1nc2ccc(C(=O)CCCCOc3ccc(F)cc3)cc2n1C. The van der Waals surface area contributed by atoms with Crippen LogP contribution >= 0.6 is 0 Å². The Bertz CT molecular complexity index is 1540. The van der Waals surface area contributed by atoms with Crippen molar-refractivity contribution < 1.29 is 27.1 Å². The van der Waals surface area contributed by atoms with Gasteiger partial charge in [0, 0.05) is 19.0 Å². The number of hydrogen-bond donors (Lipinski definition) is 0. The van der Waals surface area contributed by atoms with E-state index >= 15 is 8.78 Å². The minimum Gasteiger partial charge on any atom is -0.494 e. The Balaban J connectivity index is 0.00000155. The highest BCUT2D eigenvalue weighted by atomic mass is 19.3. The first kappa shape index (κ1) is 34.9. The van der Waals surface area contributed by atoms with Crippen LogP contribution in [-0.2, 0) is 13.0 Å². The average Bonchev–Trinajstić information content (AvgIpc) is 3.33. The van der Waals surface area contributed by atoms with Crippen molar-refractivity contribution in [3.8, 4) is 5.75 Å². The molecule has 0 unspecified atom stereocenters. The second-order valence-electron chi connectivity index (χ2n) is 9.54. The molecule has 9 heteroatoms. The summed E-state index contributed by atoms with van der Waals surface area (Å²) in [5, 5.41) is 0. The number of rotatable bonds is 10. The summed E-state index contributed by atoms with van der Waals surface area (Å²) in [5.41, 5.74) is 1.87. The van der Waals surface area contributed by atoms with E-state index in [1.807, 2.05) is 13.8 Å². The Morgan fingerprint density at radius 1 is 0.953 bits per heavy atom. The number of aryl methyl sites for hydroxylation is 3. The van der Waals surface area contributed by atoms with Gasteiger partial charge in [-0.1, -0.05) is 13.8 Å². The number of aliphatic imine (C=N–C) groups is 1. The second kappa shape index (κ2) is 15.8. The summed E-state index contributed by atoms with van der Waals surface area (Å²) in [5.74, 6) is -4.36. The van der Waals surface area contributed by atoms with Crippen molar-refractivity contribution in [3.05, 3.63) is 102 Å². The van der Waals surface area contributed by atoms with Crippen LogP contribution in [0.2, 0.25) is 0 Å². The predicted molar refractivity (Wildman–Crippen MR) is 166 cm³/mol. The molecule has 3 aromatic carbocycles. The molecule has 0 aliphatic rings. The molecule has 4 aromatic rings. The van der Waals surface area contributed by atoms with Crippen molar-refractivity contribution >= 4 is 28.2 Å². The van der Waals surface area contributed by atoms with Crippen LogP contribution in [0, 0.1) is 25.5 Å². The molecule has 43 heavy (non-hydrogen) atoms. The molecule has 0 bridgehead atoms. The maximum Gasteiger partial charge on any atom is 0.342 e. The van der Waals surface area contributed by atoms with Gasteiger partial charge < -0.3 is 9.30 Å². The van der Waals surface area contributed by atoms with Crippen molar-refractivity contribution in [1.29, 1.82) is 0 Å². The lowest BCUT2D eigenvalue weighted by Crippen LogP contribution is -2.27. The Morgan fingerprint density at radius 3 is 2.16 bits per heavy atom. The molecule has 1 aromatic heterocycles. The quantitative estimate of drug-likeness (QED) is 0.0601. The number of Topliss-reactive ketones (excluding diaryl/α,β-unsaturated/α-hetero) is 1. The Labute approximate surface area is 250 Å². The lowest BCUT2D eigenvalue weighted by molar-refractivity contribution is 0.0624. The minimum absolute atomic E-state index is 0.117. The zero-order valence-electron chi connectivity index (χ0n) is 25.6. The van der Waals surface area contributed by atoms with Crippen LogP contribution < -0.4 is 4.74 Å². The number of fused-ring (bicyclic) bond motifs is 1. The van der Waals surface area contributed by atoms with Gasteiger partial charge in [-0.25, -0.2) is 13.8 Å². The van der Waals surface area contributed by atoms with Gasteiger partial charge in [0.05, 0.1) is 29.0 Å². The molecule has 0 aliphatic carbocycles. The molecule has 0 radical (unpaired) electrons. The fraction of sp³-hybridized carbons (Fsp3) is 0.324. The minimum atomic E-state index is -3.50. The van der Waals surface area contributed by atoms with Crippen molar-refractivity contribution in [3.63, 3.8) is 0 Å². The predicted octanol–water partition coefficient (Wildman–Crippen LogP) is 9.61. The number of ether oxygens (including phenoxy) is 1. The summed E-state index contributed by atoms with van der Waals surface area (Å²) in [7, 11) is 1.47. The fourth-order valence-corrected chi connectivity index (χ4v) is 4.38. The van der Waals surface area contributed by atoms with Crippen molar-refractivity contribution in [2.75, 3.05) is 6.61 Å². The molecule has 0 saturated heterocycles. The molecular formula is C34H39F4N3O2. The van der Waals surface area contributed by atoms with E-state index in [2.05, 4.69) is 23.1 Å². The summed E-state index contributed by atoms with van der Waals surface area (Å²) < 4.78 is 64.5. The zero-order chi connectivity index (χ0) is 32.3. The number of hydrogen-bond acceptors (Lipinski definition) is 4. The van der Waals surface area contributed by atoms with Crippen LogP contribution in [0.15, 0.2) is 72.7 Å². The first-order chi connectivity index (χ1) is 20.5. The third-order valence-electron chi connectivity index (χ3n) is 6.55. The summed E-state index contributed by atoms with van der Waals surface area (Å²) in [6.07, 6.45) is 1.46. The molecular weight excluding hydrogens is 558 g/mol. The van der Waals surface area contributed by atoms with E-state index in [-0.39, 0.29) is 18.0 Å². The molecule has 5 nitrogen and oxygen atoms in total. The maximum atomic E-state index is 15.5. The summed E-state index contributed by atoms with van der Waals surface area (Å²) in [6.45, 7) is 14.8. The van der Waals surface area contributed by atoms with Crippen molar-refractivity contribution in [2.45, 2.75) is 59.8 Å². The van der Waals surface area contributed by atoms with Crippen LogP contribution in [0.3, 0.4) is 0 Å². The third kappa shape index (κ3) is 8.63. The third-order valence-corrected chi connectivity index (χ3v) is 6.55. The van der Waals surface area contributed by atoms with E-state index in [0.29, 0.717) is 58.6 Å². The molecule has 230 valence electrons. The van der Waals surface area contributed by atoms with Gasteiger partial charge in [0.2, 0.25) is 0 Å². The highest BCUT2D eigenvalue weighted by molar-refractivity contribution is 5.99. The average molecular weight is 598 g/mol. The summed E-state index contributed by atoms with van der Waals surface area (Å²) >= 11 is 0. The number of imidazole rings is 1.